The third-order valence-electron chi connectivity index (χ3n) is 4.16. The van der Waals surface area contributed by atoms with Crippen LogP contribution in [0.5, 0.6) is 0 Å². The first kappa shape index (κ1) is 19.0. The highest BCUT2D eigenvalue weighted by Gasteiger charge is 2.45. The summed E-state index contributed by atoms with van der Waals surface area (Å²) in [5, 5.41) is 15.0. The Bertz CT molecular complexity index is 891. The number of para-hydroxylation sites is 1. The lowest BCUT2D eigenvalue weighted by atomic mass is 10.0. The number of halogens is 2. The Morgan fingerprint density at radius 2 is 1.78 bits per heavy atom. The Labute approximate surface area is 164 Å². The van der Waals surface area contributed by atoms with Gasteiger partial charge in [0.1, 0.15) is 12.0 Å². The number of nitrogens with zero attached hydrogens (tertiary/aromatic N) is 1. The highest BCUT2D eigenvalue weighted by molar-refractivity contribution is 6.42. The van der Waals surface area contributed by atoms with Crippen LogP contribution in [0, 0.1) is 5.92 Å². The van der Waals surface area contributed by atoms with Crippen molar-refractivity contribution in [2.45, 2.75) is 6.04 Å². The lowest BCUT2D eigenvalue weighted by Crippen LogP contribution is -2.47. The normalized spacial score (nSPS) is 19.0. The van der Waals surface area contributed by atoms with Crippen LogP contribution in [0.4, 0.5) is 16.2 Å². The van der Waals surface area contributed by atoms with Crippen molar-refractivity contribution in [2.75, 3.05) is 16.8 Å². The molecule has 2 atom stereocenters. The molecule has 1 saturated heterocycles. The van der Waals surface area contributed by atoms with Gasteiger partial charge in [0.05, 0.1) is 10.0 Å². The van der Waals surface area contributed by atoms with Crippen molar-refractivity contribution in [3.63, 3.8) is 0 Å². The van der Waals surface area contributed by atoms with E-state index in [2.05, 4.69) is 10.6 Å². The van der Waals surface area contributed by atoms with Gasteiger partial charge < -0.3 is 20.6 Å². The van der Waals surface area contributed by atoms with E-state index in [0.29, 0.717) is 16.4 Å². The molecule has 3 N–H and O–H groups in total. The number of carboxylic acid groups (broad SMARTS) is 1. The molecule has 1 aliphatic heterocycles. The first-order valence-corrected chi connectivity index (χ1v) is 8.74. The van der Waals surface area contributed by atoms with E-state index in [1.54, 1.807) is 30.3 Å². The molecule has 3 amide bonds. The fourth-order valence-electron chi connectivity index (χ4n) is 2.84. The van der Waals surface area contributed by atoms with Crippen LogP contribution in [0.2, 0.25) is 10.0 Å². The van der Waals surface area contributed by atoms with Crippen molar-refractivity contribution in [2.24, 2.45) is 5.92 Å². The minimum atomic E-state index is -1.19. The van der Waals surface area contributed by atoms with E-state index in [0.717, 1.165) is 0 Å². The van der Waals surface area contributed by atoms with Gasteiger partial charge in [0.15, 0.2) is 0 Å². The van der Waals surface area contributed by atoms with Gasteiger partial charge in [-0.2, -0.15) is 0 Å². The molecular weight excluding hydrogens is 393 g/mol. The number of hydrogen-bond donors (Lipinski definition) is 3. The first-order chi connectivity index (χ1) is 12.9. The molecule has 1 heterocycles. The minimum Gasteiger partial charge on any atom is -0.481 e. The molecule has 7 nitrogen and oxygen atoms in total. The number of amides is 3. The molecule has 0 aromatic heterocycles. The van der Waals surface area contributed by atoms with Crippen LogP contribution in [-0.4, -0.2) is 35.6 Å². The minimum absolute atomic E-state index is 0.0318. The second kappa shape index (κ2) is 7.85. The maximum atomic E-state index is 12.7. The molecule has 3 rings (SSSR count). The number of rotatable bonds is 4. The highest BCUT2D eigenvalue weighted by Crippen LogP contribution is 2.27. The predicted octanol–water partition coefficient (Wildman–Crippen LogP) is 3.23. The quantitative estimate of drug-likeness (QED) is 0.724. The number of anilines is 2. The van der Waals surface area contributed by atoms with Crippen LogP contribution in [0.1, 0.15) is 0 Å². The zero-order chi connectivity index (χ0) is 19.6. The molecule has 2 aromatic rings. The van der Waals surface area contributed by atoms with Gasteiger partial charge in [-0.15, -0.1) is 0 Å². The average molecular weight is 408 g/mol. The molecule has 0 radical (unpaired) electrons. The van der Waals surface area contributed by atoms with Crippen molar-refractivity contribution in [1.29, 1.82) is 0 Å². The summed E-state index contributed by atoms with van der Waals surface area (Å²) in [7, 11) is 0. The SMILES string of the molecule is O=C(Nc1ccc(Cl)c(Cl)c1)N[C@H]1C(=O)N(c2ccccc2)C[C@@H]1C(=O)O. The summed E-state index contributed by atoms with van der Waals surface area (Å²) in [5.74, 6) is -2.73. The van der Waals surface area contributed by atoms with Gasteiger partial charge in [-0.3, -0.25) is 9.59 Å². The third-order valence-corrected chi connectivity index (χ3v) is 4.90. The molecular formula is C18H15Cl2N3O4. The summed E-state index contributed by atoms with van der Waals surface area (Å²) < 4.78 is 0. The lowest BCUT2D eigenvalue weighted by Gasteiger charge is -2.17. The van der Waals surface area contributed by atoms with Gasteiger partial charge in [-0.25, -0.2) is 4.79 Å². The van der Waals surface area contributed by atoms with Crippen LogP contribution in [0.3, 0.4) is 0 Å². The van der Waals surface area contributed by atoms with Crippen LogP contribution < -0.4 is 15.5 Å². The van der Waals surface area contributed by atoms with Gasteiger partial charge in [0, 0.05) is 17.9 Å². The molecule has 2 aromatic carbocycles. The van der Waals surface area contributed by atoms with Crippen molar-refractivity contribution in [3.05, 3.63) is 58.6 Å². The molecule has 1 fully saturated rings. The van der Waals surface area contributed by atoms with Gasteiger partial charge in [-0.05, 0) is 30.3 Å². The van der Waals surface area contributed by atoms with Crippen molar-refractivity contribution in [1.82, 2.24) is 5.32 Å². The van der Waals surface area contributed by atoms with E-state index in [4.69, 9.17) is 23.2 Å². The van der Waals surface area contributed by atoms with Crippen molar-refractivity contribution in [3.8, 4) is 0 Å². The second-order valence-corrected chi connectivity index (χ2v) is 6.75. The lowest BCUT2D eigenvalue weighted by molar-refractivity contribution is -0.142. The molecule has 1 aliphatic rings. The summed E-state index contributed by atoms with van der Waals surface area (Å²) >= 11 is 11.7. The van der Waals surface area contributed by atoms with Crippen molar-refractivity contribution < 1.29 is 19.5 Å². The number of hydrogen-bond acceptors (Lipinski definition) is 3. The van der Waals surface area contributed by atoms with E-state index >= 15 is 0 Å². The summed E-state index contributed by atoms with van der Waals surface area (Å²) in [6, 6.07) is 11.3. The van der Waals surface area contributed by atoms with Crippen LogP contribution in [0.15, 0.2) is 48.5 Å². The Morgan fingerprint density at radius 3 is 2.41 bits per heavy atom. The third kappa shape index (κ3) is 4.15. The smallest absolute Gasteiger partial charge is 0.319 e. The fourth-order valence-corrected chi connectivity index (χ4v) is 3.14. The largest absolute Gasteiger partial charge is 0.481 e. The summed E-state index contributed by atoms with van der Waals surface area (Å²) in [5.41, 5.74) is 0.932. The topological polar surface area (TPSA) is 98.7 Å². The van der Waals surface area contributed by atoms with Crippen LogP contribution >= 0.6 is 23.2 Å². The van der Waals surface area contributed by atoms with Gasteiger partial charge >= 0.3 is 12.0 Å². The molecule has 0 spiro atoms. The zero-order valence-electron chi connectivity index (χ0n) is 13.9. The van der Waals surface area contributed by atoms with Gasteiger partial charge in [0.2, 0.25) is 0 Å². The molecule has 0 bridgehead atoms. The maximum absolute atomic E-state index is 12.7. The molecule has 0 aliphatic carbocycles. The number of carboxylic acids is 1. The Morgan fingerprint density at radius 1 is 1.07 bits per heavy atom. The Balaban J connectivity index is 1.75. The van der Waals surface area contributed by atoms with E-state index in [-0.39, 0.29) is 11.6 Å². The maximum Gasteiger partial charge on any atom is 0.319 e. The highest BCUT2D eigenvalue weighted by atomic mass is 35.5. The number of benzene rings is 2. The van der Waals surface area contributed by atoms with Crippen LogP contribution in [0.25, 0.3) is 0 Å². The Hall–Kier alpha value is -2.77. The second-order valence-electron chi connectivity index (χ2n) is 5.93. The molecule has 0 saturated carbocycles. The van der Waals surface area contributed by atoms with E-state index in [1.807, 2.05) is 0 Å². The van der Waals surface area contributed by atoms with E-state index in [1.165, 1.54) is 23.1 Å². The summed E-state index contributed by atoms with van der Waals surface area (Å²) in [6.45, 7) is -0.0318. The first-order valence-electron chi connectivity index (χ1n) is 7.98. The van der Waals surface area contributed by atoms with E-state index in [9.17, 15) is 19.5 Å². The average Bonchev–Trinajstić information content (AvgIpc) is 2.96. The monoisotopic (exact) mass is 407 g/mol. The number of carbonyl (C=O) groups is 3. The summed E-state index contributed by atoms with van der Waals surface area (Å²) in [4.78, 5) is 37.9. The van der Waals surface area contributed by atoms with E-state index < -0.39 is 29.9 Å². The summed E-state index contributed by atoms with van der Waals surface area (Å²) in [6.07, 6.45) is 0. The van der Waals surface area contributed by atoms with Crippen LogP contribution in [-0.2, 0) is 9.59 Å². The Kier molecular flexibility index (Phi) is 5.53. The molecule has 0 unspecified atom stereocenters. The number of aliphatic carboxylic acids is 1. The fraction of sp³-hybridized carbons (Fsp3) is 0.167. The number of carbonyl (C=O) groups excluding carboxylic acids is 2. The van der Waals surface area contributed by atoms with Gasteiger partial charge in [-0.1, -0.05) is 41.4 Å². The molecule has 9 heteroatoms. The predicted molar refractivity (Wildman–Crippen MR) is 102 cm³/mol. The molecule has 27 heavy (non-hydrogen) atoms. The number of urea groups is 1. The standard InChI is InChI=1S/C18H15Cl2N3O4/c19-13-7-6-10(8-14(13)20)21-18(27)22-15-12(17(25)26)9-23(16(15)24)11-4-2-1-3-5-11/h1-8,12,15H,9H2,(H,25,26)(H2,21,22,27)/t12-,15+/m0/s1. The van der Waals surface area contributed by atoms with Crippen molar-refractivity contribution >= 4 is 52.5 Å². The molecule has 140 valence electrons. The van der Waals surface area contributed by atoms with Gasteiger partial charge in [0.25, 0.3) is 5.91 Å². The number of nitrogens with one attached hydrogen (secondary N) is 2. The zero-order valence-corrected chi connectivity index (χ0v) is 15.4.